The van der Waals surface area contributed by atoms with Gasteiger partial charge in [0.25, 0.3) is 0 Å². The summed E-state index contributed by atoms with van der Waals surface area (Å²) in [7, 11) is -3.63. The Morgan fingerprint density at radius 3 is 2.71 bits per heavy atom. The quantitative estimate of drug-likeness (QED) is 0.770. The molecule has 0 saturated heterocycles. The van der Waals surface area contributed by atoms with Crippen molar-refractivity contribution < 1.29 is 13.2 Å². The van der Waals surface area contributed by atoms with E-state index in [9.17, 15) is 13.2 Å². The van der Waals surface area contributed by atoms with Crippen molar-refractivity contribution in [2.45, 2.75) is 24.8 Å². The molecule has 1 aromatic carbocycles. The van der Waals surface area contributed by atoms with E-state index in [0.29, 0.717) is 12.0 Å². The second-order valence-corrected chi connectivity index (χ2v) is 7.94. The summed E-state index contributed by atoms with van der Waals surface area (Å²) in [6.45, 7) is 1.96. The Hall–Kier alpha value is -1.02. The Morgan fingerprint density at radius 1 is 1.33 bits per heavy atom. The first-order valence-corrected chi connectivity index (χ1v) is 9.44. The lowest BCUT2D eigenvalue weighted by atomic mass is 10.1. The molecular formula is C14H14BrNO3S2. The molecule has 0 spiro atoms. The summed E-state index contributed by atoms with van der Waals surface area (Å²) in [5, 5.41) is 1.88. The highest BCUT2D eigenvalue weighted by Crippen LogP contribution is 2.23. The largest absolute Gasteiger partial charge is 0.294 e. The van der Waals surface area contributed by atoms with Crippen LogP contribution in [0, 0.1) is 0 Å². The minimum atomic E-state index is -3.63. The summed E-state index contributed by atoms with van der Waals surface area (Å²) in [4.78, 5) is 12.7. The van der Waals surface area contributed by atoms with E-state index in [1.807, 2.05) is 11.4 Å². The summed E-state index contributed by atoms with van der Waals surface area (Å²) < 4.78 is 28.0. The van der Waals surface area contributed by atoms with Crippen LogP contribution in [0.15, 0.2) is 45.1 Å². The van der Waals surface area contributed by atoms with Crippen molar-refractivity contribution in [2.75, 3.05) is 0 Å². The fourth-order valence-corrected chi connectivity index (χ4v) is 4.30. The van der Waals surface area contributed by atoms with Crippen LogP contribution < -0.4 is 4.72 Å². The van der Waals surface area contributed by atoms with Gasteiger partial charge in [0, 0.05) is 27.9 Å². The van der Waals surface area contributed by atoms with Crippen LogP contribution in [0.25, 0.3) is 0 Å². The number of thiophene rings is 1. The highest BCUT2D eigenvalue weighted by molar-refractivity contribution is 9.10. The van der Waals surface area contributed by atoms with Gasteiger partial charge >= 0.3 is 0 Å². The molecule has 1 N–H and O–H groups in total. The van der Waals surface area contributed by atoms with Crippen molar-refractivity contribution in [3.63, 3.8) is 0 Å². The summed E-state index contributed by atoms with van der Waals surface area (Å²) in [5.74, 6) is -0.0759. The van der Waals surface area contributed by atoms with Gasteiger partial charge in [0.05, 0.1) is 4.90 Å². The third-order valence-corrected chi connectivity index (χ3v) is 6.23. The summed E-state index contributed by atoms with van der Waals surface area (Å²) in [5.41, 5.74) is 0.415. The molecule has 0 aliphatic carbocycles. The average molecular weight is 388 g/mol. The maximum absolute atomic E-state index is 12.3. The third-order valence-electron chi connectivity index (χ3n) is 2.90. The number of carbonyl (C=O) groups is 1. The molecule has 0 atom stereocenters. The van der Waals surface area contributed by atoms with E-state index < -0.39 is 10.0 Å². The van der Waals surface area contributed by atoms with Crippen LogP contribution in [0.1, 0.15) is 28.6 Å². The van der Waals surface area contributed by atoms with Crippen LogP contribution in [0.2, 0.25) is 0 Å². The number of halogens is 1. The van der Waals surface area contributed by atoms with Crippen molar-refractivity contribution in [1.82, 2.24) is 4.72 Å². The van der Waals surface area contributed by atoms with Crippen molar-refractivity contribution in [1.29, 1.82) is 0 Å². The number of Topliss-reactive ketones (excluding diaryl/α,β-unsaturated/α-hetero) is 1. The van der Waals surface area contributed by atoms with Gasteiger partial charge in [0.2, 0.25) is 10.0 Å². The lowest BCUT2D eigenvalue weighted by molar-refractivity contribution is 0.0988. The van der Waals surface area contributed by atoms with Gasteiger partial charge in [-0.1, -0.05) is 19.1 Å². The molecule has 112 valence electrons. The van der Waals surface area contributed by atoms with E-state index in [4.69, 9.17) is 0 Å². The molecule has 0 bridgehead atoms. The zero-order chi connectivity index (χ0) is 15.5. The standard InChI is InChI=1S/C14H14BrNO3S2/c1-2-13(17)10-4-3-5-11(8-10)21(18,19)16-9-14-12(15)6-7-20-14/h3-8,16H,2,9H2,1H3. The normalized spacial score (nSPS) is 11.5. The Morgan fingerprint density at radius 2 is 2.10 bits per heavy atom. The number of hydrogen-bond acceptors (Lipinski definition) is 4. The Kier molecular flexibility index (Phi) is 5.32. The third kappa shape index (κ3) is 4.00. The van der Waals surface area contributed by atoms with Crippen LogP contribution in [-0.2, 0) is 16.6 Å². The molecule has 0 unspecified atom stereocenters. The maximum atomic E-state index is 12.3. The number of carbonyl (C=O) groups excluding carboxylic acids is 1. The van der Waals surface area contributed by atoms with Gasteiger partial charge in [-0.15, -0.1) is 11.3 Å². The van der Waals surface area contributed by atoms with E-state index >= 15 is 0 Å². The molecule has 4 nitrogen and oxygen atoms in total. The van der Waals surface area contributed by atoms with Crippen molar-refractivity contribution in [2.24, 2.45) is 0 Å². The minimum Gasteiger partial charge on any atom is -0.294 e. The molecule has 21 heavy (non-hydrogen) atoms. The van der Waals surface area contributed by atoms with Gasteiger partial charge in [-0.05, 0) is 39.5 Å². The first-order chi connectivity index (χ1) is 9.94. The predicted molar refractivity (Wildman–Crippen MR) is 87.1 cm³/mol. The van der Waals surface area contributed by atoms with Gasteiger partial charge in [0.15, 0.2) is 5.78 Å². The maximum Gasteiger partial charge on any atom is 0.240 e. The Bertz CT molecular complexity index is 753. The van der Waals surface area contributed by atoms with E-state index in [2.05, 4.69) is 20.7 Å². The van der Waals surface area contributed by atoms with E-state index in [1.54, 1.807) is 19.1 Å². The molecular weight excluding hydrogens is 374 g/mol. The van der Waals surface area contributed by atoms with Crippen LogP contribution in [-0.4, -0.2) is 14.2 Å². The molecule has 0 amide bonds. The number of nitrogens with one attached hydrogen (secondary N) is 1. The monoisotopic (exact) mass is 387 g/mol. The average Bonchev–Trinajstić information content (AvgIpc) is 2.90. The van der Waals surface area contributed by atoms with Gasteiger partial charge in [-0.25, -0.2) is 13.1 Å². The summed E-state index contributed by atoms with van der Waals surface area (Å²) in [6.07, 6.45) is 0.346. The van der Waals surface area contributed by atoms with Crippen LogP contribution in [0.3, 0.4) is 0 Å². The first-order valence-electron chi connectivity index (χ1n) is 6.29. The van der Waals surface area contributed by atoms with Crippen LogP contribution in [0.4, 0.5) is 0 Å². The Labute approximate surface area is 136 Å². The fraction of sp³-hybridized carbons (Fsp3) is 0.214. The SMILES string of the molecule is CCC(=O)c1cccc(S(=O)(=O)NCc2sccc2Br)c1. The van der Waals surface area contributed by atoms with E-state index in [-0.39, 0.29) is 17.2 Å². The van der Waals surface area contributed by atoms with Gasteiger partial charge in [-0.3, -0.25) is 4.79 Å². The highest BCUT2D eigenvalue weighted by Gasteiger charge is 2.16. The molecule has 1 aromatic heterocycles. The van der Waals surface area contributed by atoms with Crippen LogP contribution >= 0.6 is 27.3 Å². The van der Waals surface area contributed by atoms with E-state index in [1.165, 1.54) is 23.5 Å². The minimum absolute atomic E-state index is 0.0759. The molecule has 2 rings (SSSR count). The smallest absolute Gasteiger partial charge is 0.240 e. The molecule has 2 aromatic rings. The second kappa shape index (κ2) is 6.83. The molecule has 0 radical (unpaired) electrons. The van der Waals surface area contributed by atoms with Gasteiger partial charge in [0.1, 0.15) is 0 Å². The lowest BCUT2D eigenvalue weighted by Gasteiger charge is -2.07. The number of ketones is 1. The van der Waals surface area contributed by atoms with Crippen LogP contribution in [0.5, 0.6) is 0 Å². The number of benzene rings is 1. The number of rotatable bonds is 6. The molecule has 0 aliphatic heterocycles. The molecule has 7 heteroatoms. The molecule has 0 fully saturated rings. The predicted octanol–water partition coefficient (Wildman–Crippen LogP) is 3.58. The first kappa shape index (κ1) is 16.4. The van der Waals surface area contributed by atoms with Crippen molar-refractivity contribution in [3.8, 4) is 0 Å². The van der Waals surface area contributed by atoms with Crippen molar-refractivity contribution in [3.05, 3.63) is 50.6 Å². The number of sulfonamides is 1. The molecule has 1 heterocycles. The van der Waals surface area contributed by atoms with E-state index in [0.717, 1.165) is 9.35 Å². The Balaban J connectivity index is 2.19. The number of hydrogen-bond donors (Lipinski definition) is 1. The lowest BCUT2D eigenvalue weighted by Crippen LogP contribution is -2.23. The summed E-state index contributed by atoms with van der Waals surface area (Å²) in [6, 6.07) is 7.98. The zero-order valence-corrected chi connectivity index (χ0v) is 14.5. The van der Waals surface area contributed by atoms with Gasteiger partial charge in [-0.2, -0.15) is 0 Å². The summed E-state index contributed by atoms with van der Waals surface area (Å²) >= 11 is 4.83. The van der Waals surface area contributed by atoms with Crippen molar-refractivity contribution >= 4 is 43.1 Å². The zero-order valence-electron chi connectivity index (χ0n) is 11.3. The topological polar surface area (TPSA) is 63.2 Å². The highest BCUT2D eigenvalue weighted by atomic mass is 79.9. The second-order valence-electron chi connectivity index (χ2n) is 4.32. The van der Waals surface area contributed by atoms with Gasteiger partial charge < -0.3 is 0 Å². The fourth-order valence-electron chi connectivity index (χ4n) is 1.74. The molecule has 0 saturated carbocycles. The molecule has 0 aliphatic rings.